The van der Waals surface area contributed by atoms with E-state index in [9.17, 15) is 9.18 Å². The highest BCUT2D eigenvalue weighted by Gasteiger charge is 2.14. The molecule has 0 aliphatic carbocycles. The number of nitrogens with one attached hydrogen (secondary N) is 1. The molecular formula is C13H16FNO2S2. The van der Waals surface area contributed by atoms with Gasteiger partial charge in [0, 0.05) is 41.2 Å². The molecule has 0 amide bonds. The summed E-state index contributed by atoms with van der Waals surface area (Å²) in [6, 6.07) is 3.90. The molecule has 3 nitrogen and oxygen atoms in total. The third-order valence-corrected chi connectivity index (χ3v) is 5.71. The average Bonchev–Trinajstić information content (AvgIpc) is 2.42. The lowest BCUT2D eigenvalue weighted by Gasteiger charge is -2.21. The van der Waals surface area contributed by atoms with Crippen LogP contribution in [0.5, 0.6) is 0 Å². The highest BCUT2D eigenvalue weighted by atomic mass is 32.2. The van der Waals surface area contributed by atoms with Gasteiger partial charge in [-0.15, -0.1) is 0 Å². The number of thioether (sulfide) groups is 2. The number of carboxylic acid groups (broad SMARTS) is 1. The minimum Gasteiger partial charge on any atom is -0.478 e. The summed E-state index contributed by atoms with van der Waals surface area (Å²) >= 11 is 3.89. The van der Waals surface area contributed by atoms with Crippen molar-refractivity contribution >= 4 is 29.5 Å². The predicted octanol–water partition coefficient (Wildman–Crippen LogP) is 2.46. The normalized spacial score (nSPS) is 19.3. The summed E-state index contributed by atoms with van der Waals surface area (Å²) in [7, 11) is 0. The fourth-order valence-corrected chi connectivity index (χ4v) is 4.51. The average molecular weight is 301 g/mol. The third kappa shape index (κ3) is 4.40. The van der Waals surface area contributed by atoms with Crippen LogP contribution in [0.1, 0.15) is 15.9 Å². The summed E-state index contributed by atoms with van der Waals surface area (Å²) in [5.74, 6) is 2.11. The summed E-state index contributed by atoms with van der Waals surface area (Å²) < 4.78 is 13.6. The van der Waals surface area contributed by atoms with Gasteiger partial charge in [0.05, 0.1) is 5.56 Å². The van der Waals surface area contributed by atoms with E-state index < -0.39 is 5.97 Å². The Balaban J connectivity index is 1.87. The first kappa shape index (κ1) is 14.7. The van der Waals surface area contributed by atoms with Crippen molar-refractivity contribution in [3.05, 3.63) is 35.1 Å². The van der Waals surface area contributed by atoms with Crippen molar-refractivity contribution < 1.29 is 14.3 Å². The molecule has 1 saturated heterocycles. The fourth-order valence-electron chi connectivity index (χ4n) is 1.87. The molecule has 0 aromatic heterocycles. The molecule has 0 radical (unpaired) electrons. The number of benzene rings is 1. The van der Waals surface area contributed by atoms with Crippen molar-refractivity contribution in [2.75, 3.05) is 23.8 Å². The number of halogens is 1. The van der Waals surface area contributed by atoms with Crippen molar-refractivity contribution in [2.24, 2.45) is 0 Å². The largest absolute Gasteiger partial charge is 0.478 e. The Bertz CT molecular complexity index is 450. The van der Waals surface area contributed by atoms with Gasteiger partial charge in [-0.25, -0.2) is 9.18 Å². The maximum atomic E-state index is 13.6. The Morgan fingerprint density at radius 3 is 3.00 bits per heavy atom. The molecule has 19 heavy (non-hydrogen) atoms. The Hall–Kier alpha value is -0.720. The quantitative estimate of drug-likeness (QED) is 0.875. The number of carbonyl (C=O) groups is 1. The second kappa shape index (κ2) is 7.17. The SMILES string of the molecule is O=C(O)c1ccc(F)c(CNCC2CSCCS2)c1. The zero-order valence-electron chi connectivity index (χ0n) is 10.4. The summed E-state index contributed by atoms with van der Waals surface area (Å²) in [6.07, 6.45) is 0. The van der Waals surface area contributed by atoms with Gasteiger partial charge in [-0.1, -0.05) is 0 Å². The van der Waals surface area contributed by atoms with Gasteiger partial charge >= 0.3 is 5.97 Å². The van der Waals surface area contributed by atoms with Gasteiger partial charge in [-0.3, -0.25) is 0 Å². The molecule has 1 aliphatic rings. The van der Waals surface area contributed by atoms with Crippen LogP contribution in [0.2, 0.25) is 0 Å². The van der Waals surface area contributed by atoms with Crippen LogP contribution in [-0.2, 0) is 6.54 Å². The zero-order chi connectivity index (χ0) is 13.7. The van der Waals surface area contributed by atoms with E-state index in [1.54, 1.807) is 0 Å². The molecule has 1 unspecified atom stereocenters. The lowest BCUT2D eigenvalue weighted by Crippen LogP contribution is -2.28. The maximum Gasteiger partial charge on any atom is 0.335 e. The molecule has 6 heteroatoms. The summed E-state index contributed by atoms with van der Waals surface area (Å²) in [6.45, 7) is 1.20. The van der Waals surface area contributed by atoms with Crippen molar-refractivity contribution in [1.82, 2.24) is 5.32 Å². The van der Waals surface area contributed by atoms with E-state index in [0.29, 0.717) is 17.4 Å². The topological polar surface area (TPSA) is 49.3 Å². The van der Waals surface area contributed by atoms with Gasteiger partial charge < -0.3 is 10.4 Å². The van der Waals surface area contributed by atoms with Crippen LogP contribution in [-0.4, -0.2) is 40.1 Å². The molecular weight excluding hydrogens is 285 g/mol. The minimum atomic E-state index is -1.03. The number of hydrogen-bond donors (Lipinski definition) is 2. The van der Waals surface area contributed by atoms with Crippen LogP contribution in [0.3, 0.4) is 0 Å². The van der Waals surface area contributed by atoms with Gasteiger partial charge in [0.1, 0.15) is 5.82 Å². The van der Waals surface area contributed by atoms with Crippen molar-refractivity contribution in [3.8, 4) is 0 Å². The fraction of sp³-hybridized carbons (Fsp3) is 0.462. The molecule has 1 heterocycles. The van der Waals surface area contributed by atoms with E-state index in [1.165, 1.54) is 29.7 Å². The van der Waals surface area contributed by atoms with Crippen LogP contribution < -0.4 is 5.32 Å². The summed E-state index contributed by atoms with van der Waals surface area (Å²) in [5.41, 5.74) is 0.536. The number of hydrogen-bond acceptors (Lipinski definition) is 4. The summed E-state index contributed by atoms with van der Waals surface area (Å²) in [4.78, 5) is 10.8. The Kier molecular flexibility index (Phi) is 5.54. The smallest absolute Gasteiger partial charge is 0.335 e. The second-order valence-electron chi connectivity index (χ2n) is 4.31. The van der Waals surface area contributed by atoms with Gasteiger partial charge in [0.15, 0.2) is 0 Å². The van der Waals surface area contributed by atoms with Crippen molar-refractivity contribution in [1.29, 1.82) is 0 Å². The van der Waals surface area contributed by atoms with Crippen LogP contribution in [0.4, 0.5) is 4.39 Å². The highest BCUT2D eigenvalue weighted by molar-refractivity contribution is 8.06. The molecule has 2 rings (SSSR count). The Labute approximate surface area is 120 Å². The van der Waals surface area contributed by atoms with Gasteiger partial charge in [0.2, 0.25) is 0 Å². The second-order valence-corrected chi connectivity index (χ2v) is 6.87. The predicted molar refractivity (Wildman–Crippen MR) is 78.6 cm³/mol. The Morgan fingerprint density at radius 2 is 2.32 bits per heavy atom. The van der Waals surface area contributed by atoms with E-state index in [2.05, 4.69) is 5.32 Å². The lowest BCUT2D eigenvalue weighted by atomic mass is 10.1. The molecule has 0 spiro atoms. The van der Waals surface area contributed by atoms with Gasteiger partial charge in [0.25, 0.3) is 0 Å². The zero-order valence-corrected chi connectivity index (χ0v) is 12.0. The maximum absolute atomic E-state index is 13.6. The number of carboxylic acids is 1. The van der Waals surface area contributed by atoms with Crippen molar-refractivity contribution in [3.63, 3.8) is 0 Å². The van der Waals surface area contributed by atoms with Gasteiger partial charge in [-0.2, -0.15) is 23.5 Å². The van der Waals surface area contributed by atoms with Crippen molar-refractivity contribution in [2.45, 2.75) is 11.8 Å². The minimum absolute atomic E-state index is 0.126. The molecule has 0 saturated carbocycles. The van der Waals surface area contributed by atoms with E-state index in [1.807, 2.05) is 23.5 Å². The Morgan fingerprint density at radius 1 is 1.47 bits per heavy atom. The highest BCUT2D eigenvalue weighted by Crippen LogP contribution is 2.23. The van der Waals surface area contributed by atoms with E-state index in [0.717, 1.165) is 12.3 Å². The molecule has 1 aliphatic heterocycles. The molecule has 104 valence electrons. The molecule has 1 aromatic rings. The molecule has 2 N–H and O–H groups in total. The number of rotatable bonds is 5. The van der Waals surface area contributed by atoms with Gasteiger partial charge in [-0.05, 0) is 18.2 Å². The molecule has 1 atom stereocenters. The van der Waals surface area contributed by atoms with Crippen LogP contribution in [0, 0.1) is 5.82 Å². The number of aromatic carboxylic acids is 1. The lowest BCUT2D eigenvalue weighted by molar-refractivity contribution is 0.0696. The first-order valence-electron chi connectivity index (χ1n) is 6.08. The van der Waals surface area contributed by atoms with E-state index in [4.69, 9.17) is 5.11 Å². The van der Waals surface area contributed by atoms with Crippen LogP contribution in [0.25, 0.3) is 0 Å². The third-order valence-electron chi connectivity index (χ3n) is 2.87. The first-order valence-corrected chi connectivity index (χ1v) is 8.29. The van der Waals surface area contributed by atoms with Crippen LogP contribution in [0.15, 0.2) is 18.2 Å². The standard InChI is InChI=1S/C13H16FNO2S2/c14-12-2-1-9(13(16)17)5-10(12)6-15-7-11-8-18-3-4-19-11/h1-2,5,11,15H,3-4,6-8H2,(H,16,17). The first-order chi connectivity index (χ1) is 9.16. The van der Waals surface area contributed by atoms with E-state index >= 15 is 0 Å². The molecule has 1 aromatic carbocycles. The molecule has 0 bridgehead atoms. The monoisotopic (exact) mass is 301 g/mol. The molecule has 1 fully saturated rings. The van der Waals surface area contributed by atoms with Crippen LogP contribution >= 0.6 is 23.5 Å². The van der Waals surface area contributed by atoms with E-state index in [-0.39, 0.29) is 11.4 Å². The summed E-state index contributed by atoms with van der Waals surface area (Å²) in [5, 5.41) is 12.7.